The molecule has 120 valence electrons. The fraction of sp³-hybridized carbons (Fsp3) is 0.611. The van der Waals surface area contributed by atoms with Crippen LogP contribution >= 0.6 is 0 Å². The van der Waals surface area contributed by atoms with Crippen molar-refractivity contribution in [1.82, 2.24) is 15.5 Å². The highest BCUT2D eigenvalue weighted by atomic mass is 16.2. The number of carbonyl (C=O) groups excluding carboxylic acids is 1. The summed E-state index contributed by atoms with van der Waals surface area (Å²) < 4.78 is 0. The molecule has 2 aliphatic heterocycles. The van der Waals surface area contributed by atoms with E-state index in [2.05, 4.69) is 46.7 Å². The second kappa shape index (κ2) is 7.25. The smallest absolute Gasteiger partial charge is 0.237 e. The molecule has 1 aromatic carbocycles. The number of rotatable bonds is 5. The third-order valence-electron chi connectivity index (χ3n) is 4.89. The van der Waals surface area contributed by atoms with Crippen molar-refractivity contribution in [3.05, 3.63) is 35.4 Å². The van der Waals surface area contributed by atoms with E-state index in [0.29, 0.717) is 12.6 Å². The molecule has 0 spiro atoms. The molecule has 1 aromatic rings. The molecule has 0 aliphatic carbocycles. The molecule has 2 heterocycles. The largest absolute Gasteiger partial charge is 0.353 e. The van der Waals surface area contributed by atoms with Gasteiger partial charge in [0.25, 0.3) is 0 Å². The molecule has 2 unspecified atom stereocenters. The van der Waals surface area contributed by atoms with Crippen LogP contribution in [0.15, 0.2) is 24.3 Å². The first-order valence-corrected chi connectivity index (χ1v) is 8.56. The van der Waals surface area contributed by atoms with Gasteiger partial charge in [0.1, 0.15) is 0 Å². The van der Waals surface area contributed by atoms with E-state index in [1.54, 1.807) is 0 Å². The minimum Gasteiger partial charge on any atom is -0.353 e. The molecule has 4 heteroatoms. The van der Waals surface area contributed by atoms with Gasteiger partial charge in [0, 0.05) is 6.54 Å². The van der Waals surface area contributed by atoms with Crippen LogP contribution in [0.25, 0.3) is 0 Å². The van der Waals surface area contributed by atoms with E-state index in [4.69, 9.17) is 0 Å². The van der Waals surface area contributed by atoms with Crippen molar-refractivity contribution >= 4 is 5.91 Å². The molecular weight excluding hydrogens is 274 g/mol. The van der Waals surface area contributed by atoms with Gasteiger partial charge in [-0.05, 0) is 57.8 Å². The summed E-state index contributed by atoms with van der Waals surface area (Å²) in [5, 5.41) is 6.44. The predicted molar refractivity (Wildman–Crippen MR) is 88.8 cm³/mol. The van der Waals surface area contributed by atoms with Crippen molar-refractivity contribution < 1.29 is 4.79 Å². The van der Waals surface area contributed by atoms with Crippen molar-refractivity contribution in [3.8, 4) is 0 Å². The number of likely N-dealkylation sites (tertiary alicyclic amines) is 1. The summed E-state index contributed by atoms with van der Waals surface area (Å²) in [7, 11) is 0. The summed E-state index contributed by atoms with van der Waals surface area (Å²) >= 11 is 0. The molecule has 1 amide bonds. The van der Waals surface area contributed by atoms with Crippen LogP contribution in [0.3, 0.4) is 0 Å². The van der Waals surface area contributed by atoms with Gasteiger partial charge in [0.15, 0.2) is 0 Å². The van der Waals surface area contributed by atoms with E-state index < -0.39 is 0 Å². The first-order chi connectivity index (χ1) is 10.7. The van der Waals surface area contributed by atoms with Crippen LogP contribution < -0.4 is 10.6 Å². The lowest BCUT2D eigenvalue weighted by molar-refractivity contribution is -0.123. The van der Waals surface area contributed by atoms with Crippen LogP contribution in [0.4, 0.5) is 0 Å². The van der Waals surface area contributed by atoms with Gasteiger partial charge in [-0.15, -0.1) is 0 Å². The van der Waals surface area contributed by atoms with Crippen molar-refractivity contribution in [2.75, 3.05) is 26.2 Å². The Morgan fingerprint density at radius 3 is 2.64 bits per heavy atom. The van der Waals surface area contributed by atoms with Crippen molar-refractivity contribution in [3.63, 3.8) is 0 Å². The normalized spacial score (nSPS) is 23.6. The van der Waals surface area contributed by atoms with Crippen molar-refractivity contribution in [1.29, 1.82) is 0 Å². The van der Waals surface area contributed by atoms with Gasteiger partial charge in [-0.3, -0.25) is 9.69 Å². The Morgan fingerprint density at radius 1 is 1.27 bits per heavy atom. The third kappa shape index (κ3) is 3.68. The maximum Gasteiger partial charge on any atom is 0.237 e. The number of hydrogen-bond donors (Lipinski definition) is 2. The molecule has 2 fully saturated rings. The molecule has 0 bridgehead atoms. The quantitative estimate of drug-likeness (QED) is 0.874. The third-order valence-corrected chi connectivity index (χ3v) is 4.89. The van der Waals surface area contributed by atoms with E-state index in [9.17, 15) is 4.79 Å². The van der Waals surface area contributed by atoms with E-state index in [-0.39, 0.29) is 11.9 Å². The van der Waals surface area contributed by atoms with Gasteiger partial charge in [0.05, 0.1) is 12.1 Å². The molecule has 3 rings (SSSR count). The fourth-order valence-corrected chi connectivity index (χ4v) is 3.53. The molecular formula is C18H27N3O. The Balaban J connectivity index is 1.65. The standard InChI is InChI=1S/C18H27N3O/c1-14-6-8-15(9-7-14)17(21-11-2-3-12-21)13-20-18(22)16-5-4-10-19-16/h6-9,16-17,19H,2-5,10-13H2,1H3,(H,20,22). The summed E-state index contributed by atoms with van der Waals surface area (Å²) in [6, 6.07) is 9.05. The van der Waals surface area contributed by atoms with E-state index in [0.717, 1.165) is 32.5 Å². The second-order valence-corrected chi connectivity index (χ2v) is 6.56. The number of nitrogens with one attached hydrogen (secondary N) is 2. The van der Waals surface area contributed by atoms with Gasteiger partial charge >= 0.3 is 0 Å². The first-order valence-electron chi connectivity index (χ1n) is 8.56. The average molecular weight is 301 g/mol. The lowest BCUT2D eigenvalue weighted by atomic mass is 10.0. The Bertz CT molecular complexity index is 488. The SMILES string of the molecule is Cc1ccc(C(CNC(=O)C2CCCN2)N2CCCC2)cc1. The molecule has 0 saturated carbocycles. The highest BCUT2D eigenvalue weighted by molar-refractivity contribution is 5.82. The molecule has 2 atom stereocenters. The lowest BCUT2D eigenvalue weighted by Gasteiger charge is -2.28. The highest BCUT2D eigenvalue weighted by Gasteiger charge is 2.26. The summed E-state index contributed by atoms with van der Waals surface area (Å²) in [5.74, 6) is 0.161. The van der Waals surface area contributed by atoms with Crippen LogP contribution in [0.1, 0.15) is 42.9 Å². The number of carbonyl (C=O) groups is 1. The number of benzene rings is 1. The minimum absolute atomic E-state index is 0.0113. The Morgan fingerprint density at radius 2 is 2.00 bits per heavy atom. The first kappa shape index (κ1) is 15.5. The summed E-state index contributed by atoms with van der Waals surface area (Å²) in [6.45, 7) is 6.06. The second-order valence-electron chi connectivity index (χ2n) is 6.56. The van der Waals surface area contributed by atoms with Crippen LogP contribution in [0.5, 0.6) is 0 Å². The van der Waals surface area contributed by atoms with Gasteiger partial charge in [0.2, 0.25) is 5.91 Å². The molecule has 2 N–H and O–H groups in total. The van der Waals surface area contributed by atoms with Crippen molar-refractivity contribution in [2.45, 2.75) is 44.7 Å². The maximum absolute atomic E-state index is 12.3. The Kier molecular flexibility index (Phi) is 5.11. The lowest BCUT2D eigenvalue weighted by Crippen LogP contribution is -2.44. The van der Waals surface area contributed by atoms with Crippen LogP contribution in [-0.2, 0) is 4.79 Å². The van der Waals surface area contributed by atoms with E-state index in [1.165, 1.54) is 24.0 Å². The average Bonchev–Trinajstić information content (AvgIpc) is 3.22. The maximum atomic E-state index is 12.3. The molecule has 22 heavy (non-hydrogen) atoms. The van der Waals surface area contributed by atoms with Crippen molar-refractivity contribution in [2.24, 2.45) is 0 Å². The Hall–Kier alpha value is -1.39. The highest BCUT2D eigenvalue weighted by Crippen LogP contribution is 2.25. The van der Waals surface area contributed by atoms with E-state index in [1.807, 2.05) is 0 Å². The van der Waals surface area contributed by atoms with Crippen LogP contribution in [0.2, 0.25) is 0 Å². The summed E-state index contributed by atoms with van der Waals surface area (Å²) in [6.07, 6.45) is 4.59. The van der Waals surface area contributed by atoms with Crippen LogP contribution in [0, 0.1) is 6.92 Å². The summed E-state index contributed by atoms with van der Waals surface area (Å²) in [4.78, 5) is 14.8. The molecule has 0 aromatic heterocycles. The topological polar surface area (TPSA) is 44.4 Å². The minimum atomic E-state index is 0.0113. The van der Waals surface area contributed by atoms with E-state index >= 15 is 0 Å². The molecule has 2 aliphatic rings. The number of aryl methyl sites for hydroxylation is 1. The predicted octanol–water partition coefficient (Wildman–Crippen LogP) is 2.00. The number of nitrogens with zero attached hydrogens (tertiary/aromatic N) is 1. The fourth-order valence-electron chi connectivity index (χ4n) is 3.53. The molecule has 0 radical (unpaired) electrons. The summed E-state index contributed by atoms with van der Waals surface area (Å²) in [5.41, 5.74) is 2.59. The zero-order chi connectivity index (χ0) is 15.4. The van der Waals surface area contributed by atoms with Gasteiger partial charge in [-0.2, -0.15) is 0 Å². The molecule has 4 nitrogen and oxygen atoms in total. The zero-order valence-corrected chi connectivity index (χ0v) is 13.5. The monoisotopic (exact) mass is 301 g/mol. The van der Waals surface area contributed by atoms with Gasteiger partial charge in [-0.25, -0.2) is 0 Å². The number of amides is 1. The molecule has 2 saturated heterocycles. The number of hydrogen-bond acceptors (Lipinski definition) is 3. The zero-order valence-electron chi connectivity index (χ0n) is 13.5. The Labute approximate surface area is 133 Å². The van der Waals surface area contributed by atoms with Gasteiger partial charge in [-0.1, -0.05) is 29.8 Å². The van der Waals surface area contributed by atoms with Gasteiger partial charge < -0.3 is 10.6 Å². The van der Waals surface area contributed by atoms with Crippen LogP contribution in [-0.4, -0.2) is 43.0 Å².